The topological polar surface area (TPSA) is 35.6 Å². The second-order valence-electron chi connectivity index (χ2n) is 6.90. The summed E-state index contributed by atoms with van der Waals surface area (Å²) in [5, 5.41) is 7.41. The van der Waals surface area contributed by atoms with E-state index < -0.39 is 0 Å². The van der Waals surface area contributed by atoms with Crippen LogP contribution in [0.25, 0.3) is 0 Å². The van der Waals surface area contributed by atoms with E-state index in [0.29, 0.717) is 18.5 Å². The molecule has 0 saturated carbocycles. The molecule has 0 spiro atoms. The molecule has 1 aliphatic heterocycles. The lowest BCUT2D eigenvalue weighted by Gasteiger charge is -2.24. The van der Waals surface area contributed by atoms with Gasteiger partial charge in [0.1, 0.15) is 0 Å². The highest BCUT2D eigenvalue weighted by Crippen LogP contribution is 2.27. The molecule has 1 aliphatic rings. The first-order chi connectivity index (χ1) is 12.1. The molecule has 6 heteroatoms. The number of nitrogens with zero attached hydrogens (tertiary/aromatic N) is 2. The second-order valence-corrected chi connectivity index (χ2v) is 7.68. The molecule has 0 aliphatic carbocycles. The fourth-order valence-electron chi connectivity index (χ4n) is 3.56. The zero-order valence-corrected chi connectivity index (χ0v) is 17.1. The van der Waals surface area contributed by atoms with Gasteiger partial charge < -0.3 is 15.1 Å². The lowest BCUT2D eigenvalue weighted by Crippen LogP contribution is -2.39. The monoisotopic (exact) mass is 393 g/mol. The third kappa shape index (κ3) is 5.22. The van der Waals surface area contributed by atoms with Crippen LogP contribution in [0.15, 0.2) is 47.2 Å². The zero-order valence-electron chi connectivity index (χ0n) is 15.4. The van der Waals surface area contributed by atoms with Crippen LogP contribution >= 0.6 is 23.7 Å². The van der Waals surface area contributed by atoms with E-state index >= 15 is 0 Å². The van der Waals surface area contributed by atoms with Crippen molar-refractivity contribution >= 4 is 29.8 Å². The Morgan fingerprint density at radius 2 is 2.08 bits per heavy atom. The highest BCUT2D eigenvalue weighted by molar-refractivity contribution is 7.07. The van der Waals surface area contributed by atoms with Crippen LogP contribution < -0.4 is 5.32 Å². The van der Waals surface area contributed by atoms with Gasteiger partial charge in [0.2, 0.25) is 0 Å². The largest absolute Gasteiger partial charge is 0.338 e. The van der Waals surface area contributed by atoms with E-state index in [1.54, 1.807) is 11.3 Å². The summed E-state index contributed by atoms with van der Waals surface area (Å²) in [6.45, 7) is 2.36. The molecule has 1 N–H and O–H groups in total. The van der Waals surface area contributed by atoms with Gasteiger partial charge in [-0.2, -0.15) is 11.3 Å². The van der Waals surface area contributed by atoms with Crippen LogP contribution in [0.1, 0.15) is 35.9 Å². The molecule has 2 amide bonds. The van der Waals surface area contributed by atoms with Gasteiger partial charge in [-0.1, -0.05) is 30.3 Å². The van der Waals surface area contributed by atoms with Crippen LogP contribution in [0.4, 0.5) is 4.79 Å². The summed E-state index contributed by atoms with van der Waals surface area (Å²) in [6.07, 6.45) is 1.97. The Balaban J connectivity index is 0.00000243. The van der Waals surface area contributed by atoms with Crippen LogP contribution in [0.3, 0.4) is 0 Å². The number of hydrogen-bond acceptors (Lipinski definition) is 3. The Labute approximate surface area is 166 Å². The number of carbonyl (C=O) groups excluding carboxylic acids is 1. The standard InChI is InChI=1S/C20H27N3OS.ClH/c1-22(2)19(18-10-13-25-15-18)8-11-21-20(24)23-12-9-17(14-23)16-6-4-3-5-7-16;/h3-7,10,13,15,17,19H,8-9,11-12,14H2,1-2H3,(H,21,24);1H/t17-,19-;/m1./s1. The number of benzene rings is 1. The Bertz CT molecular complexity index is 663. The van der Waals surface area contributed by atoms with Gasteiger partial charge in [-0.3, -0.25) is 0 Å². The van der Waals surface area contributed by atoms with E-state index in [9.17, 15) is 4.79 Å². The van der Waals surface area contributed by atoms with Crippen molar-refractivity contribution in [3.63, 3.8) is 0 Å². The Morgan fingerprint density at radius 3 is 2.73 bits per heavy atom. The summed E-state index contributed by atoms with van der Waals surface area (Å²) in [7, 11) is 4.18. The van der Waals surface area contributed by atoms with Gasteiger partial charge in [0, 0.05) is 31.6 Å². The summed E-state index contributed by atoms with van der Waals surface area (Å²) < 4.78 is 0. The van der Waals surface area contributed by atoms with Crippen molar-refractivity contribution in [2.45, 2.75) is 24.8 Å². The average molecular weight is 394 g/mol. The Hall–Kier alpha value is -1.56. The molecule has 26 heavy (non-hydrogen) atoms. The minimum Gasteiger partial charge on any atom is -0.338 e. The molecule has 142 valence electrons. The highest BCUT2D eigenvalue weighted by Gasteiger charge is 2.27. The summed E-state index contributed by atoms with van der Waals surface area (Å²) in [6, 6.07) is 13.1. The second kappa shape index (κ2) is 9.95. The predicted octanol–water partition coefficient (Wildman–Crippen LogP) is 4.36. The van der Waals surface area contributed by atoms with Crippen molar-refractivity contribution in [1.82, 2.24) is 15.1 Å². The minimum absolute atomic E-state index is 0. The molecule has 0 bridgehead atoms. The van der Waals surface area contributed by atoms with Crippen molar-refractivity contribution in [2.75, 3.05) is 33.7 Å². The van der Waals surface area contributed by atoms with E-state index in [4.69, 9.17) is 0 Å². The van der Waals surface area contributed by atoms with Gasteiger partial charge in [0.05, 0.1) is 0 Å². The Kier molecular flexibility index (Phi) is 7.94. The number of thiophene rings is 1. The molecule has 1 aromatic carbocycles. The number of urea groups is 1. The quantitative estimate of drug-likeness (QED) is 0.791. The summed E-state index contributed by atoms with van der Waals surface area (Å²) in [5.41, 5.74) is 2.66. The fourth-order valence-corrected chi connectivity index (χ4v) is 4.26. The first kappa shape index (κ1) is 20.7. The van der Waals surface area contributed by atoms with Crippen molar-refractivity contribution in [3.8, 4) is 0 Å². The lowest BCUT2D eigenvalue weighted by atomic mass is 9.99. The normalized spacial score (nSPS) is 17.8. The van der Waals surface area contributed by atoms with Crippen LogP contribution in [0, 0.1) is 0 Å². The van der Waals surface area contributed by atoms with E-state index in [1.165, 1.54) is 11.1 Å². The average Bonchev–Trinajstić information content (AvgIpc) is 3.30. The van der Waals surface area contributed by atoms with Gasteiger partial charge in [-0.15, -0.1) is 12.4 Å². The smallest absolute Gasteiger partial charge is 0.317 e. The van der Waals surface area contributed by atoms with E-state index in [0.717, 1.165) is 25.9 Å². The van der Waals surface area contributed by atoms with E-state index in [-0.39, 0.29) is 18.4 Å². The third-order valence-corrected chi connectivity index (χ3v) is 5.69. The number of nitrogens with one attached hydrogen (secondary N) is 1. The maximum absolute atomic E-state index is 12.5. The van der Waals surface area contributed by atoms with Crippen LogP contribution in [-0.2, 0) is 0 Å². The third-order valence-electron chi connectivity index (χ3n) is 4.99. The number of carbonyl (C=O) groups is 1. The number of hydrogen-bond donors (Lipinski definition) is 1. The fraction of sp³-hybridized carbons (Fsp3) is 0.450. The maximum Gasteiger partial charge on any atom is 0.317 e. The van der Waals surface area contributed by atoms with Crippen molar-refractivity contribution < 1.29 is 4.79 Å². The van der Waals surface area contributed by atoms with Crippen molar-refractivity contribution in [2.24, 2.45) is 0 Å². The number of rotatable bonds is 6. The van der Waals surface area contributed by atoms with E-state index in [1.807, 2.05) is 11.0 Å². The predicted molar refractivity (Wildman–Crippen MR) is 111 cm³/mol. The minimum atomic E-state index is 0. The van der Waals surface area contributed by atoms with Crippen LogP contribution in [0.5, 0.6) is 0 Å². The summed E-state index contributed by atoms with van der Waals surface area (Å²) in [4.78, 5) is 16.6. The lowest BCUT2D eigenvalue weighted by molar-refractivity contribution is 0.205. The summed E-state index contributed by atoms with van der Waals surface area (Å²) >= 11 is 1.72. The maximum atomic E-state index is 12.5. The molecule has 2 atom stereocenters. The first-order valence-electron chi connectivity index (χ1n) is 8.91. The number of amides is 2. The molecule has 2 aromatic rings. The summed E-state index contributed by atoms with van der Waals surface area (Å²) in [5.74, 6) is 0.465. The van der Waals surface area contributed by atoms with E-state index in [2.05, 4.69) is 65.4 Å². The molecule has 2 heterocycles. The first-order valence-corrected chi connectivity index (χ1v) is 9.85. The molecule has 4 nitrogen and oxygen atoms in total. The molecule has 0 radical (unpaired) electrons. The van der Waals surface area contributed by atoms with Gasteiger partial charge in [0.25, 0.3) is 0 Å². The SMILES string of the molecule is CN(C)[C@H](CCNC(=O)N1CC[C@@H](c2ccccc2)C1)c1ccsc1.Cl. The Morgan fingerprint density at radius 1 is 1.31 bits per heavy atom. The van der Waals surface area contributed by atoms with Crippen molar-refractivity contribution in [1.29, 1.82) is 0 Å². The molecule has 1 saturated heterocycles. The van der Waals surface area contributed by atoms with Crippen molar-refractivity contribution in [3.05, 3.63) is 58.3 Å². The van der Waals surface area contributed by atoms with Crippen LogP contribution in [0.2, 0.25) is 0 Å². The molecule has 1 fully saturated rings. The zero-order chi connectivity index (χ0) is 17.6. The van der Waals surface area contributed by atoms with Gasteiger partial charge in [0.15, 0.2) is 0 Å². The number of halogens is 1. The molecular weight excluding hydrogens is 366 g/mol. The molecule has 0 unspecified atom stereocenters. The van der Waals surface area contributed by atoms with Gasteiger partial charge in [-0.05, 0) is 54.9 Å². The molecule has 3 rings (SSSR count). The highest BCUT2D eigenvalue weighted by atomic mass is 35.5. The van der Waals surface area contributed by atoms with Gasteiger partial charge >= 0.3 is 6.03 Å². The van der Waals surface area contributed by atoms with Gasteiger partial charge in [-0.25, -0.2) is 4.79 Å². The van der Waals surface area contributed by atoms with Crippen LogP contribution in [-0.4, -0.2) is 49.6 Å². The molecule has 1 aromatic heterocycles. The number of likely N-dealkylation sites (tertiary alicyclic amines) is 1. The molecular formula is C20H28ClN3OS.